The number of nitrogens with one attached hydrogen (secondary N) is 1. The summed E-state index contributed by atoms with van der Waals surface area (Å²) in [7, 11) is 1.79. The van der Waals surface area contributed by atoms with E-state index in [2.05, 4.69) is 15.4 Å². The van der Waals surface area contributed by atoms with Crippen molar-refractivity contribution < 1.29 is 4.92 Å². The molecule has 2 rings (SSSR count). The minimum atomic E-state index is -0.397. The van der Waals surface area contributed by atoms with Gasteiger partial charge >= 0.3 is 5.69 Å². The van der Waals surface area contributed by atoms with Gasteiger partial charge in [-0.15, -0.1) is 0 Å². The van der Waals surface area contributed by atoms with Crippen LogP contribution in [0.5, 0.6) is 0 Å². The first-order chi connectivity index (χ1) is 9.02. The second-order valence-corrected chi connectivity index (χ2v) is 4.20. The fourth-order valence-electron chi connectivity index (χ4n) is 1.97. The lowest BCUT2D eigenvalue weighted by Crippen LogP contribution is -2.07. The van der Waals surface area contributed by atoms with Gasteiger partial charge < -0.3 is 5.32 Å². The van der Waals surface area contributed by atoms with Crippen LogP contribution in [0.1, 0.15) is 17.1 Å². The first-order valence-electron chi connectivity index (χ1n) is 5.85. The van der Waals surface area contributed by atoms with Gasteiger partial charge in [0.25, 0.3) is 0 Å². The van der Waals surface area contributed by atoms with Crippen molar-refractivity contribution in [3.05, 3.63) is 45.4 Å². The Morgan fingerprint density at radius 3 is 2.74 bits per heavy atom. The summed E-state index contributed by atoms with van der Waals surface area (Å²) in [5.74, 6) is 0.758. The number of pyridine rings is 1. The lowest BCUT2D eigenvalue weighted by molar-refractivity contribution is -0.386. The summed E-state index contributed by atoms with van der Waals surface area (Å²) in [5.41, 5.74) is 1.84. The van der Waals surface area contributed by atoms with Gasteiger partial charge in [-0.1, -0.05) is 6.07 Å². The molecule has 0 spiro atoms. The molecular formula is C12H15N5O2. The van der Waals surface area contributed by atoms with Gasteiger partial charge in [-0.25, -0.2) is 4.98 Å². The van der Waals surface area contributed by atoms with Gasteiger partial charge in [-0.05, 0) is 26.0 Å². The molecule has 0 saturated carbocycles. The highest BCUT2D eigenvalue weighted by Crippen LogP contribution is 2.22. The molecule has 0 fully saturated rings. The zero-order valence-electron chi connectivity index (χ0n) is 11.0. The zero-order valence-corrected chi connectivity index (χ0v) is 11.0. The van der Waals surface area contributed by atoms with E-state index >= 15 is 0 Å². The summed E-state index contributed by atoms with van der Waals surface area (Å²) in [5, 5.41) is 18.1. The Kier molecular flexibility index (Phi) is 3.46. The molecule has 100 valence electrons. The van der Waals surface area contributed by atoms with Crippen molar-refractivity contribution >= 4 is 11.5 Å². The number of hydrogen-bond donors (Lipinski definition) is 1. The lowest BCUT2D eigenvalue weighted by Gasteiger charge is -2.05. The first-order valence-corrected chi connectivity index (χ1v) is 5.85. The van der Waals surface area contributed by atoms with Crippen LogP contribution in [0.2, 0.25) is 0 Å². The number of hydrogen-bond acceptors (Lipinski definition) is 5. The van der Waals surface area contributed by atoms with Crippen LogP contribution in [0.15, 0.2) is 18.2 Å². The number of nitrogens with zero attached hydrogens (tertiary/aromatic N) is 4. The van der Waals surface area contributed by atoms with Crippen LogP contribution in [0, 0.1) is 24.0 Å². The van der Waals surface area contributed by atoms with Crippen molar-refractivity contribution in [3.8, 4) is 0 Å². The van der Waals surface area contributed by atoms with Gasteiger partial charge in [0.2, 0.25) is 0 Å². The maximum atomic E-state index is 10.9. The van der Waals surface area contributed by atoms with Crippen LogP contribution >= 0.6 is 0 Å². The van der Waals surface area contributed by atoms with E-state index in [9.17, 15) is 10.1 Å². The molecular weight excluding hydrogens is 246 g/mol. The molecule has 0 aromatic carbocycles. The van der Waals surface area contributed by atoms with Gasteiger partial charge in [-0.2, -0.15) is 5.10 Å². The van der Waals surface area contributed by atoms with Crippen molar-refractivity contribution in [3.63, 3.8) is 0 Å². The van der Waals surface area contributed by atoms with E-state index in [1.807, 2.05) is 18.2 Å². The second-order valence-electron chi connectivity index (χ2n) is 4.20. The Hall–Kier alpha value is -2.44. The summed E-state index contributed by atoms with van der Waals surface area (Å²) in [6.45, 7) is 3.75. The molecule has 0 aliphatic rings. The van der Waals surface area contributed by atoms with E-state index in [1.54, 1.807) is 25.6 Å². The Labute approximate surface area is 110 Å². The molecule has 0 radical (unpaired) electrons. The third-order valence-corrected chi connectivity index (χ3v) is 2.90. The van der Waals surface area contributed by atoms with Crippen molar-refractivity contribution in [1.29, 1.82) is 0 Å². The third-order valence-electron chi connectivity index (χ3n) is 2.90. The highest BCUT2D eigenvalue weighted by atomic mass is 16.6. The SMILES string of the molecule is CNc1cccc(Cn2nc(C)c([N+](=O)[O-])c2C)n1. The number of aryl methyl sites for hydroxylation is 1. The van der Waals surface area contributed by atoms with Crippen molar-refractivity contribution in [2.45, 2.75) is 20.4 Å². The molecule has 2 aromatic heterocycles. The predicted octanol–water partition coefficient (Wildman–Crippen LogP) is 1.89. The zero-order chi connectivity index (χ0) is 14.0. The van der Waals surface area contributed by atoms with E-state index in [1.165, 1.54) is 0 Å². The molecule has 1 N–H and O–H groups in total. The number of aromatic nitrogens is 3. The van der Waals surface area contributed by atoms with E-state index < -0.39 is 4.92 Å². The molecule has 2 heterocycles. The average Bonchev–Trinajstić information content (AvgIpc) is 2.64. The maximum absolute atomic E-state index is 10.9. The molecule has 0 saturated heterocycles. The first kappa shape index (κ1) is 13.0. The van der Waals surface area contributed by atoms with Crippen LogP contribution < -0.4 is 5.32 Å². The topological polar surface area (TPSA) is 85.9 Å². The standard InChI is InChI=1S/C12H15N5O2/c1-8-12(17(18)19)9(2)16(15-8)7-10-5-4-6-11(13-3)14-10/h4-6H,7H2,1-3H3,(H,13,14). The van der Waals surface area contributed by atoms with E-state index in [0.29, 0.717) is 17.9 Å². The van der Waals surface area contributed by atoms with Gasteiger partial charge in [0.15, 0.2) is 0 Å². The summed E-state index contributed by atoms with van der Waals surface area (Å²) in [4.78, 5) is 14.9. The van der Waals surface area contributed by atoms with E-state index in [0.717, 1.165) is 11.5 Å². The quantitative estimate of drug-likeness (QED) is 0.671. The Bertz CT molecular complexity index is 621. The molecule has 0 bridgehead atoms. The Balaban J connectivity index is 2.33. The Morgan fingerprint density at radius 1 is 1.42 bits per heavy atom. The smallest absolute Gasteiger partial charge is 0.312 e. The van der Waals surface area contributed by atoms with Crippen LogP contribution in [-0.2, 0) is 6.54 Å². The van der Waals surface area contributed by atoms with Gasteiger partial charge in [0, 0.05) is 7.05 Å². The predicted molar refractivity (Wildman–Crippen MR) is 71.2 cm³/mol. The van der Waals surface area contributed by atoms with Gasteiger partial charge in [0.1, 0.15) is 17.2 Å². The molecule has 0 unspecified atom stereocenters. The maximum Gasteiger partial charge on any atom is 0.312 e. The summed E-state index contributed by atoms with van der Waals surface area (Å²) >= 11 is 0. The summed E-state index contributed by atoms with van der Waals surface area (Å²) in [6, 6.07) is 5.60. The molecule has 0 aliphatic heterocycles. The fourth-order valence-corrected chi connectivity index (χ4v) is 1.97. The average molecular weight is 261 g/mol. The Morgan fingerprint density at radius 2 is 2.16 bits per heavy atom. The molecule has 7 nitrogen and oxygen atoms in total. The van der Waals surface area contributed by atoms with Crippen LogP contribution in [0.4, 0.5) is 11.5 Å². The molecule has 19 heavy (non-hydrogen) atoms. The van der Waals surface area contributed by atoms with Gasteiger partial charge in [-0.3, -0.25) is 14.8 Å². The number of anilines is 1. The monoisotopic (exact) mass is 261 g/mol. The van der Waals surface area contributed by atoms with Crippen molar-refractivity contribution in [2.75, 3.05) is 12.4 Å². The molecule has 7 heteroatoms. The third kappa shape index (κ3) is 2.54. The van der Waals surface area contributed by atoms with E-state index in [-0.39, 0.29) is 5.69 Å². The van der Waals surface area contributed by atoms with Crippen LogP contribution in [-0.4, -0.2) is 26.7 Å². The summed E-state index contributed by atoms with van der Waals surface area (Å²) < 4.78 is 1.61. The molecule has 0 amide bonds. The lowest BCUT2D eigenvalue weighted by atomic mass is 10.3. The largest absolute Gasteiger partial charge is 0.373 e. The number of rotatable bonds is 4. The molecule has 0 atom stereocenters. The normalized spacial score (nSPS) is 10.5. The van der Waals surface area contributed by atoms with Crippen molar-refractivity contribution in [2.24, 2.45) is 0 Å². The van der Waals surface area contributed by atoms with Gasteiger partial charge in [0.05, 0.1) is 17.2 Å². The minimum absolute atomic E-state index is 0.0739. The second kappa shape index (κ2) is 5.05. The summed E-state index contributed by atoms with van der Waals surface area (Å²) in [6.07, 6.45) is 0. The highest BCUT2D eigenvalue weighted by Gasteiger charge is 2.21. The van der Waals surface area contributed by atoms with Crippen molar-refractivity contribution in [1.82, 2.24) is 14.8 Å². The number of nitro groups is 1. The fraction of sp³-hybridized carbons (Fsp3) is 0.333. The highest BCUT2D eigenvalue weighted by molar-refractivity contribution is 5.40. The van der Waals surface area contributed by atoms with Crippen LogP contribution in [0.3, 0.4) is 0 Å². The molecule has 0 aliphatic carbocycles. The minimum Gasteiger partial charge on any atom is -0.373 e. The van der Waals surface area contributed by atoms with E-state index in [4.69, 9.17) is 0 Å². The van der Waals surface area contributed by atoms with Crippen LogP contribution in [0.25, 0.3) is 0 Å². The molecule has 2 aromatic rings.